The molecule has 216 valence electrons. The summed E-state index contributed by atoms with van der Waals surface area (Å²) < 4.78 is 2.27. The number of H-pyrrole nitrogens is 1. The number of benzene rings is 6. The summed E-state index contributed by atoms with van der Waals surface area (Å²) in [5, 5.41) is 3.57. The van der Waals surface area contributed by atoms with E-state index in [9.17, 15) is 0 Å². The molecule has 0 saturated carbocycles. The Kier molecular flexibility index (Phi) is 6.06. The third-order valence-corrected chi connectivity index (χ3v) is 8.62. The van der Waals surface area contributed by atoms with Crippen molar-refractivity contribution < 1.29 is 0 Å². The number of nitrogens with zero attached hydrogens (tertiary/aromatic N) is 4. The van der Waals surface area contributed by atoms with Crippen LogP contribution < -0.4 is 0 Å². The zero-order valence-corrected chi connectivity index (χ0v) is 24.8. The van der Waals surface area contributed by atoms with E-state index >= 15 is 0 Å². The zero-order valence-electron chi connectivity index (χ0n) is 24.8. The van der Waals surface area contributed by atoms with Crippen LogP contribution in [0.15, 0.2) is 158 Å². The van der Waals surface area contributed by atoms with Gasteiger partial charge >= 0.3 is 0 Å². The highest BCUT2D eigenvalue weighted by atomic mass is 15.0. The second kappa shape index (κ2) is 10.7. The Morgan fingerprint density at radius 2 is 1.00 bits per heavy atom. The molecule has 0 atom stereocenters. The minimum absolute atomic E-state index is 0.636. The minimum atomic E-state index is 0.636. The normalized spacial score (nSPS) is 11.5. The molecule has 0 aliphatic carbocycles. The Labute approximate surface area is 265 Å². The van der Waals surface area contributed by atoms with Crippen LogP contribution in [0.1, 0.15) is 0 Å². The molecule has 9 aromatic rings. The van der Waals surface area contributed by atoms with Gasteiger partial charge < -0.3 is 9.55 Å². The largest absolute Gasteiger partial charge is 0.354 e. The van der Waals surface area contributed by atoms with E-state index < -0.39 is 0 Å². The minimum Gasteiger partial charge on any atom is -0.354 e. The maximum Gasteiger partial charge on any atom is 0.164 e. The number of fused-ring (bicyclic) bond motifs is 4. The van der Waals surface area contributed by atoms with E-state index in [1.54, 1.807) is 0 Å². The SMILES string of the molecule is c1ccc(-c2nc(-c3ccccc3)nc(-c3cccc(-c4c5ccn(-c6ccccc6)c5cc5c4[nH]c4ccccc45)c3)n2)cc1. The molecular weight excluding hydrogens is 562 g/mol. The molecule has 0 aliphatic heterocycles. The Morgan fingerprint density at radius 1 is 0.435 bits per heavy atom. The lowest BCUT2D eigenvalue weighted by atomic mass is 9.96. The average molecular weight is 590 g/mol. The van der Waals surface area contributed by atoms with Crippen LogP contribution >= 0.6 is 0 Å². The number of para-hydroxylation sites is 2. The van der Waals surface area contributed by atoms with Crippen LogP contribution in [0.5, 0.6) is 0 Å². The fourth-order valence-corrected chi connectivity index (χ4v) is 6.45. The topological polar surface area (TPSA) is 59.4 Å². The maximum atomic E-state index is 5.00. The first-order valence-corrected chi connectivity index (χ1v) is 15.4. The van der Waals surface area contributed by atoms with Gasteiger partial charge in [0.05, 0.1) is 11.0 Å². The van der Waals surface area contributed by atoms with Crippen LogP contribution in [-0.2, 0) is 0 Å². The number of nitrogens with one attached hydrogen (secondary N) is 1. The van der Waals surface area contributed by atoms with Crippen molar-refractivity contribution >= 4 is 32.7 Å². The highest BCUT2D eigenvalue weighted by Gasteiger charge is 2.19. The van der Waals surface area contributed by atoms with E-state index in [-0.39, 0.29) is 0 Å². The van der Waals surface area contributed by atoms with Gasteiger partial charge in [0.2, 0.25) is 0 Å². The van der Waals surface area contributed by atoms with Gasteiger partial charge in [0, 0.05) is 55.8 Å². The van der Waals surface area contributed by atoms with E-state index in [1.165, 1.54) is 16.2 Å². The first kappa shape index (κ1) is 26.1. The summed E-state index contributed by atoms with van der Waals surface area (Å²) in [5.41, 5.74) is 9.59. The van der Waals surface area contributed by atoms with E-state index in [2.05, 4.69) is 107 Å². The van der Waals surface area contributed by atoms with Crippen molar-refractivity contribution in [2.75, 3.05) is 0 Å². The number of hydrogen-bond acceptors (Lipinski definition) is 3. The molecule has 0 amide bonds. The molecule has 0 bridgehead atoms. The molecule has 0 unspecified atom stereocenters. The number of rotatable bonds is 5. The lowest BCUT2D eigenvalue weighted by molar-refractivity contribution is 1.07. The Morgan fingerprint density at radius 3 is 1.70 bits per heavy atom. The first-order valence-electron chi connectivity index (χ1n) is 15.4. The summed E-state index contributed by atoms with van der Waals surface area (Å²) in [6, 6.07) is 52.3. The molecular formula is C41H27N5. The van der Waals surface area contributed by atoms with E-state index in [0.717, 1.165) is 50.1 Å². The number of aromatic nitrogens is 5. The van der Waals surface area contributed by atoms with Crippen molar-refractivity contribution in [3.05, 3.63) is 158 Å². The summed E-state index contributed by atoms with van der Waals surface area (Å²) in [4.78, 5) is 18.7. The van der Waals surface area contributed by atoms with E-state index in [0.29, 0.717) is 17.5 Å². The maximum absolute atomic E-state index is 5.00. The van der Waals surface area contributed by atoms with Gasteiger partial charge in [-0.25, -0.2) is 15.0 Å². The average Bonchev–Trinajstić information content (AvgIpc) is 3.73. The summed E-state index contributed by atoms with van der Waals surface area (Å²) in [6.07, 6.45) is 2.17. The van der Waals surface area contributed by atoms with E-state index in [1.807, 2.05) is 60.7 Å². The lowest BCUT2D eigenvalue weighted by Gasteiger charge is -2.12. The van der Waals surface area contributed by atoms with Gasteiger partial charge in [-0.15, -0.1) is 0 Å². The third kappa shape index (κ3) is 4.37. The van der Waals surface area contributed by atoms with Crippen LogP contribution in [0.4, 0.5) is 0 Å². The summed E-state index contributed by atoms with van der Waals surface area (Å²) in [6.45, 7) is 0. The van der Waals surface area contributed by atoms with Crippen LogP contribution in [0.3, 0.4) is 0 Å². The van der Waals surface area contributed by atoms with E-state index in [4.69, 9.17) is 15.0 Å². The highest BCUT2D eigenvalue weighted by Crippen LogP contribution is 2.41. The molecule has 0 fully saturated rings. The molecule has 6 aromatic carbocycles. The molecule has 0 aliphatic rings. The third-order valence-electron chi connectivity index (χ3n) is 8.62. The van der Waals surface area contributed by atoms with Crippen molar-refractivity contribution in [3.63, 3.8) is 0 Å². The predicted octanol–water partition coefficient (Wildman–Crippen LogP) is 10.1. The number of aromatic amines is 1. The molecule has 0 spiro atoms. The molecule has 0 radical (unpaired) electrons. The molecule has 46 heavy (non-hydrogen) atoms. The van der Waals surface area contributed by atoms with Crippen LogP contribution in [0.2, 0.25) is 0 Å². The quantitative estimate of drug-likeness (QED) is 0.217. The number of hydrogen-bond donors (Lipinski definition) is 1. The van der Waals surface area contributed by atoms with Crippen LogP contribution in [0.25, 0.3) is 83.7 Å². The Bertz CT molecular complexity index is 2460. The first-order chi connectivity index (χ1) is 22.8. The molecule has 3 heterocycles. The van der Waals surface area contributed by atoms with Crippen molar-refractivity contribution in [2.45, 2.75) is 0 Å². The summed E-state index contributed by atoms with van der Waals surface area (Å²) in [7, 11) is 0. The summed E-state index contributed by atoms with van der Waals surface area (Å²) >= 11 is 0. The van der Waals surface area contributed by atoms with Gasteiger partial charge in [0.15, 0.2) is 17.5 Å². The van der Waals surface area contributed by atoms with Crippen LogP contribution in [0, 0.1) is 0 Å². The fourth-order valence-electron chi connectivity index (χ4n) is 6.45. The van der Waals surface area contributed by atoms with Gasteiger partial charge in [0.25, 0.3) is 0 Å². The van der Waals surface area contributed by atoms with Crippen molar-refractivity contribution in [1.82, 2.24) is 24.5 Å². The van der Waals surface area contributed by atoms with Gasteiger partial charge in [-0.1, -0.05) is 115 Å². The molecule has 9 rings (SSSR count). The van der Waals surface area contributed by atoms with Gasteiger partial charge in [-0.3, -0.25) is 0 Å². The zero-order chi connectivity index (χ0) is 30.5. The van der Waals surface area contributed by atoms with Gasteiger partial charge in [0.1, 0.15) is 0 Å². The molecule has 1 N–H and O–H groups in total. The lowest BCUT2D eigenvalue weighted by Crippen LogP contribution is -2.00. The van der Waals surface area contributed by atoms with Crippen molar-refractivity contribution in [3.8, 4) is 51.0 Å². The molecule has 0 saturated heterocycles. The second-order valence-corrected chi connectivity index (χ2v) is 11.4. The molecule has 5 nitrogen and oxygen atoms in total. The van der Waals surface area contributed by atoms with Crippen molar-refractivity contribution in [1.29, 1.82) is 0 Å². The Hall–Kier alpha value is -6.33. The second-order valence-electron chi connectivity index (χ2n) is 11.4. The van der Waals surface area contributed by atoms with Gasteiger partial charge in [-0.05, 0) is 42.0 Å². The molecule has 3 aromatic heterocycles. The Balaban J connectivity index is 1.29. The fraction of sp³-hybridized carbons (Fsp3) is 0. The standard InChI is InChI=1S/C41H27N5/c1-4-13-27(14-5-1)39-43-40(28-15-6-2-7-16-28)45-41(44-39)30-18-12-17-29(25-30)37-33-23-24-46(31-19-8-3-9-20-31)36(33)26-34-32-21-10-11-22-35(32)42-38(34)37/h1-26,42H. The monoisotopic (exact) mass is 589 g/mol. The van der Waals surface area contributed by atoms with Gasteiger partial charge in [-0.2, -0.15) is 0 Å². The predicted molar refractivity (Wildman–Crippen MR) is 188 cm³/mol. The summed E-state index contributed by atoms with van der Waals surface area (Å²) in [5.74, 6) is 1.93. The van der Waals surface area contributed by atoms with Crippen LogP contribution in [-0.4, -0.2) is 24.5 Å². The highest BCUT2D eigenvalue weighted by molar-refractivity contribution is 6.19. The molecule has 5 heteroatoms. The van der Waals surface area contributed by atoms with Crippen molar-refractivity contribution in [2.24, 2.45) is 0 Å². The smallest absolute Gasteiger partial charge is 0.164 e.